The Hall–Kier alpha value is -4.98. The number of aromatic nitrogens is 2. The number of ether oxygens (including phenoxy) is 4. The highest BCUT2D eigenvalue weighted by Gasteiger charge is 2.73. The zero-order chi connectivity index (χ0) is 35.5. The van der Waals surface area contributed by atoms with Crippen LogP contribution in [0.2, 0.25) is 0 Å². The molecule has 4 aliphatic carbocycles. The standard InChI is InChI=1S/C48H40N2O4/c1-5-13-33(14-6-1)47(34-15-7-2-8-16-34)51-27-45(28-52-47)37-25-31-21-23-39(49-43(31)41(37)45)40-24-22-32-26-38-42(44(32)50-40)46(38)29-53-48(54-30-46,35-17-9-3-10-18-35)36-19-11-4-12-20-36/h1-24,37-38,41-42H,25-30H2/t37-,38-,41-,42-/m0/s1. The first-order chi connectivity index (χ1) is 26.6. The van der Waals surface area contributed by atoms with E-state index in [0.717, 1.165) is 46.5 Å². The Morgan fingerprint density at radius 3 is 1.02 bits per heavy atom. The van der Waals surface area contributed by atoms with E-state index in [1.807, 2.05) is 24.3 Å². The van der Waals surface area contributed by atoms with Gasteiger partial charge in [-0.2, -0.15) is 0 Å². The van der Waals surface area contributed by atoms with Gasteiger partial charge in [0.1, 0.15) is 0 Å². The molecule has 6 aromatic rings. The van der Waals surface area contributed by atoms with E-state index in [0.29, 0.717) is 50.1 Å². The maximum absolute atomic E-state index is 6.88. The highest BCUT2D eigenvalue weighted by Crippen LogP contribution is 2.73. The molecule has 4 fully saturated rings. The van der Waals surface area contributed by atoms with Crippen LogP contribution in [0, 0.1) is 22.7 Å². The Morgan fingerprint density at radius 2 is 0.704 bits per heavy atom. The molecule has 0 N–H and O–H groups in total. The molecule has 6 aliphatic rings. The zero-order valence-electron chi connectivity index (χ0n) is 29.9. The molecule has 0 unspecified atom stereocenters. The molecule has 2 aliphatic heterocycles. The number of benzene rings is 4. The Kier molecular flexibility index (Phi) is 6.55. The van der Waals surface area contributed by atoms with E-state index in [4.69, 9.17) is 28.9 Å². The lowest BCUT2D eigenvalue weighted by Gasteiger charge is -2.42. The summed E-state index contributed by atoms with van der Waals surface area (Å²) in [5.74, 6) is -0.209. The molecule has 12 rings (SSSR count). The Morgan fingerprint density at radius 1 is 0.389 bits per heavy atom. The van der Waals surface area contributed by atoms with Crippen LogP contribution in [0.4, 0.5) is 0 Å². The summed E-state index contributed by atoms with van der Waals surface area (Å²) in [6.07, 6.45) is 2.03. The zero-order valence-corrected chi connectivity index (χ0v) is 29.9. The van der Waals surface area contributed by atoms with Crippen LogP contribution in [0.3, 0.4) is 0 Å². The van der Waals surface area contributed by atoms with Crippen molar-refractivity contribution in [3.05, 3.63) is 190 Å². The van der Waals surface area contributed by atoms with Gasteiger partial charge in [0.25, 0.3) is 0 Å². The Balaban J connectivity index is 0.802. The van der Waals surface area contributed by atoms with E-state index in [9.17, 15) is 0 Å². The van der Waals surface area contributed by atoms with Crippen molar-refractivity contribution in [3.8, 4) is 11.4 Å². The number of hydrogen-bond donors (Lipinski definition) is 0. The van der Waals surface area contributed by atoms with Gasteiger partial charge in [0, 0.05) is 56.3 Å². The fourth-order valence-electron chi connectivity index (χ4n) is 10.9. The predicted molar refractivity (Wildman–Crippen MR) is 203 cm³/mol. The number of hydrogen-bond acceptors (Lipinski definition) is 6. The third-order valence-corrected chi connectivity index (χ3v) is 13.8. The van der Waals surface area contributed by atoms with Crippen LogP contribution in [0.15, 0.2) is 146 Å². The van der Waals surface area contributed by atoms with Crippen molar-refractivity contribution in [1.82, 2.24) is 9.97 Å². The van der Waals surface area contributed by atoms with Crippen molar-refractivity contribution >= 4 is 0 Å². The molecule has 2 spiro atoms. The molecule has 6 nitrogen and oxygen atoms in total. The minimum absolute atomic E-state index is 0.0552. The predicted octanol–water partition coefficient (Wildman–Crippen LogP) is 8.55. The summed E-state index contributed by atoms with van der Waals surface area (Å²) < 4.78 is 27.5. The molecule has 2 saturated carbocycles. The molecule has 0 amide bonds. The summed E-state index contributed by atoms with van der Waals surface area (Å²) in [7, 11) is 0. The molecule has 4 heterocycles. The topological polar surface area (TPSA) is 62.7 Å². The van der Waals surface area contributed by atoms with Gasteiger partial charge < -0.3 is 18.9 Å². The first-order valence-electron chi connectivity index (χ1n) is 19.4. The lowest BCUT2D eigenvalue weighted by atomic mass is 9.90. The summed E-state index contributed by atoms with van der Waals surface area (Å²) in [5.41, 5.74) is 11.0. The molecular formula is C48H40N2O4. The SMILES string of the molecule is c1ccc(C2(c3ccccc3)OCC3(CO2)[C@@H]2c4nc(-c5ccc6c(n5)[C@@H]5[C@H](C6)C56COC(c5ccccc5)(c5ccccc5)OC6)ccc4C[C@@H]23)cc1. The Bertz CT molecular complexity index is 2130. The molecule has 2 saturated heterocycles. The second-order valence-corrected chi connectivity index (χ2v) is 16.4. The molecule has 0 radical (unpaired) electrons. The molecule has 4 atom stereocenters. The van der Waals surface area contributed by atoms with E-state index < -0.39 is 11.6 Å². The maximum Gasteiger partial charge on any atom is 0.222 e. The van der Waals surface area contributed by atoms with Crippen LogP contribution in [-0.2, 0) is 43.4 Å². The average molecular weight is 709 g/mol. The van der Waals surface area contributed by atoms with Gasteiger partial charge in [0.05, 0.1) is 37.8 Å². The fraction of sp³-hybridized carbons (Fsp3) is 0.292. The monoisotopic (exact) mass is 708 g/mol. The van der Waals surface area contributed by atoms with Crippen LogP contribution in [-0.4, -0.2) is 36.4 Å². The van der Waals surface area contributed by atoms with E-state index in [-0.39, 0.29) is 10.8 Å². The highest BCUT2D eigenvalue weighted by atomic mass is 16.7. The molecule has 4 aromatic carbocycles. The lowest BCUT2D eigenvalue weighted by molar-refractivity contribution is -0.276. The summed E-state index contributed by atoms with van der Waals surface area (Å²) in [5, 5.41) is 0. The van der Waals surface area contributed by atoms with E-state index in [2.05, 4.69) is 121 Å². The first-order valence-corrected chi connectivity index (χ1v) is 19.4. The molecule has 6 heteroatoms. The van der Waals surface area contributed by atoms with Gasteiger partial charge in [-0.25, -0.2) is 0 Å². The number of fused-ring (bicyclic) bond motifs is 10. The van der Waals surface area contributed by atoms with Gasteiger partial charge in [-0.05, 0) is 47.9 Å². The van der Waals surface area contributed by atoms with Gasteiger partial charge in [-0.1, -0.05) is 133 Å². The molecule has 0 bridgehead atoms. The van der Waals surface area contributed by atoms with Gasteiger partial charge >= 0.3 is 0 Å². The molecule has 54 heavy (non-hydrogen) atoms. The Labute approximate surface area is 315 Å². The molecule has 2 aromatic heterocycles. The van der Waals surface area contributed by atoms with Crippen LogP contribution in [0.25, 0.3) is 11.4 Å². The minimum atomic E-state index is -0.909. The van der Waals surface area contributed by atoms with Crippen LogP contribution in [0.5, 0.6) is 0 Å². The van der Waals surface area contributed by atoms with Crippen molar-refractivity contribution in [2.24, 2.45) is 22.7 Å². The summed E-state index contributed by atoms with van der Waals surface area (Å²) in [6, 6.07) is 50.3. The third-order valence-electron chi connectivity index (χ3n) is 13.8. The number of pyridine rings is 2. The maximum atomic E-state index is 6.88. The second kappa shape index (κ2) is 11.3. The number of rotatable bonds is 5. The van der Waals surface area contributed by atoms with Gasteiger partial charge in [-0.15, -0.1) is 0 Å². The molecule has 266 valence electrons. The number of nitrogens with zero attached hydrogens (tertiary/aromatic N) is 2. The van der Waals surface area contributed by atoms with Crippen molar-refractivity contribution in [1.29, 1.82) is 0 Å². The quantitative estimate of drug-likeness (QED) is 0.179. The van der Waals surface area contributed by atoms with Gasteiger partial charge in [-0.3, -0.25) is 9.97 Å². The van der Waals surface area contributed by atoms with Crippen molar-refractivity contribution in [2.45, 2.75) is 36.3 Å². The van der Waals surface area contributed by atoms with Crippen molar-refractivity contribution in [3.63, 3.8) is 0 Å². The van der Waals surface area contributed by atoms with Crippen LogP contribution >= 0.6 is 0 Å². The van der Waals surface area contributed by atoms with Crippen molar-refractivity contribution in [2.75, 3.05) is 26.4 Å². The smallest absolute Gasteiger partial charge is 0.222 e. The lowest BCUT2D eigenvalue weighted by Crippen LogP contribution is -2.45. The summed E-state index contributed by atoms with van der Waals surface area (Å²) in [4.78, 5) is 10.8. The normalized spacial score (nSPS) is 26.7. The van der Waals surface area contributed by atoms with Gasteiger partial charge in [0.2, 0.25) is 11.6 Å². The van der Waals surface area contributed by atoms with Crippen LogP contribution in [0.1, 0.15) is 56.6 Å². The first kappa shape index (κ1) is 31.4. The third kappa shape index (κ3) is 4.25. The van der Waals surface area contributed by atoms with Crippen LogP contribution < -0.4 is 0 Å². The highest BCUT2D eigenvalue weighted by molar-refractivity contribution is 5.60. The summed E-state index contributed by atoms with van der Waals surface area (Å²) in [6.45, 7) is 2.55. The van der Waals surface area contributed by atoms with E-state index >= 15 is 0 Å². The van der Waals surface area contributed by atoms with Crippen molar-refractivity contribution < 1.29 is 18.9 Å². The second-order valence-electron chi connectivity index (χ2n) is 16.4. The molecular weight excluding hydrogens is 669 g/mol. The van der Waals surface area contributed by atoms with E-state index in [1.165, 1.54) is 22.5 Å². The fourth-order valence-corrected chi connectivity index (χ4v) is 10.9. The summed E-state index contributed by atoms with van der Waals surface area (Å²) >= 11 is 0. The minimum Gasteiger partial charge on any atom is -0.341 e. The average Bonchev–Trinajstić information content (AvgIpc) is 3.84. The van der Waals surface area contributed by atoms with Gasteiger partial charge in [0.15, 0.2) is 0 Å². The van der Waals surface area contributed by atoms with E-state index in [1.54, 1.807) is 0 Å². The largest absolute Gasteiger partial charge is 0.341 e.